The number of nitrogens with one attached hydrogen (secondary N) is 3. The molecular weight excluding hydrogens is 383 g/mol. The Balaban J connectivity index is 1.43. The Morgan fingerprint density at radius 2 is 1.97 bits per heavy atom. The van der Waals surface area contributed by atoms with Gasteiger partial charge in [-0.2, -0.15) is 0 Å². The molecule has 0 spiro atoms. The monoisotopic (exact) mass is 412 g/mol. The van der Waals surface area contributed by atoms with E-state index in [0.29, 0.717) is 25.3 Å². The number of amides is 1. The topological polar surface area (TPSA) is 74.8 Å². The van der Waals surface area contributed by atoms with Gasteiger partial charge in [0.15, 0.2) is 5.96 Å². The normalized spacial score (nSPS) is 15.9. The van der Waals surface area contributed by atoms with E-state index in [1.807, 2.05) is 25.1 Å². The third-order valence-corrected chi connectivity index (χ3v) is 4.87. The van der Waals surface area contributed by atoms with Crippen LogP contribution in [0.2, 0.25) is 0 Å². The molecular formula is C23H29FN4O2. The molecule has 0 bridgehead atoms. The van der Waals surface area contributed by atoms with Crippen molar-refractivity contribution >= 4 is 17.6 Å². The molecule has 1 amide bonds. The number of hydrogen-bond donors (Lipinski definition) is 3. The molecule has 160 valence electrons. The lowest BCUT2D eigenvalue weighted by atomic mass is 9.91. The van der Waals surface area contributed by atoms with E-state index in [1.165, 1.54) is 12.1 Å². The number of unbranched alkanes of at least 4 members (excludes halogenated alkanes) is 1. The minimum atomic E-state index is -0.265. The Bertz CT molecular complexity index is 855. The quantitative estimate of drug-likeness (QED) is 0.334. The molecule has 6 nitrogen and oxygen atoms in total. The van der Waals surface area contributed by atoms with Gasteiger partial charge in [0.05, 0.1) is 13.2 Å². The molecule has 7 heteroatoms. The van der Waals surface area contributed by atoms with Crippen molar-refractivity contribution in [2.45, 2.75) is 32.1 Å². The van der Waals surface area contributed by atoms with Crippen LogP contribution in [0.4, 0.5) is 10.1 Å². The lowest BCUT2D eigenvalue weighted by molar-refractivity contribution is -0.116. The van der Waals surface area contributed by atoms with E-state index in [9.17, 15) is 9.18 Å². The molecule has 1 aliphatic heterocycles. The van der Waals surface area contributed by atoms with Crippen LogP contribution in [-0.2, 0) is 4.79 Å². The maximum Gasteiger partial charge on any atom is 0.225 e. The summed E-state index contributed by atoms with van der Waals surface area (Å²) in [6, 6.07) is 14.0. The van der Waals surface area contributed by atoms with E-state index in [4.69, 9.17) is 9.73 Å². The summed E-state index contributed by atoms with van der Waals surface area (Å²) in [4.78, 5) is 16.7. The number of benzene rings is 2. The Labute approximate surface area is 176 Å². The number of fused-ring (bicyclic) bond motifs is 1. The Morgan fingerprint density at radius 3 is 2.77 bits per heavy atom. The van der Waals surface area contributed by atoms with E-state index in [1.54, 1.807) is 12.1 Å². The molecule has 2 aromatic carbocycles. The first kappa shape index (κ1) is 21.6. The van der Waals surface area contributed by atoms with Crippen molar-refractivity contribution in [2.75, 3.05) is 31.6 Å². The summed E-state index contributed by atoms with van der Waals surface area (Å²) in [6.45, 7) is 4.68. The molecule has 0 saturated carbocycles. The second-order valence-corrected chi connectivity index (χ2v) is 7.19. The number of ether oxygens (including phenoxy) is 1. The van der Waals surface area contributed by atoms with Gasteiger partial charge < -0.3 is 20.7 Å². The van der Waals surface area contributed by atoms with E-state index < -0.39 is 0 Å². The average molecular weight is 413 g/mol. The first-order valence-electron chi connectivity index (χ1n) is 10.4. The summed E-state index contributed by atoms with van der Waals surface area (Å²) in [5.41, 5.74) is 2.02. The van der Waals surface area contributed by atoms with Crippen LogP contribution >= 0.6 is 0 Å². The summed E-state index contributed by atoms with van der Waals surface area (Å²) in [7, 11) is 0. The maximum absolute atomic E-state index is 12.9. The fourth-order valence-corrected chi connectivity index (χ4v) is 3.36. The number of rotatable bonds is 9. The number of anilines is 1. The fourth-order valence-electron chi connectivity index (χ4n) is 3.36. The standard InChI is InChI=1S/C23H29FN4O2/c1-2-25-23(26-13-5-6-14-30-19-11-9-18(24)10-12-19)27-16-17-15-22(29)28-21-8-4-3-7-20(17)21/h3-4,7-12,17H,2,5-6,13-16H2,1H3,(H,28,29)(H2,25,26,27). The first-order chi connectivity index (χ1) is 14.7. The van der Waals surface area contributed by atoms with Crippen LogP contribution < -0.4 is 20.7 Å². The van der Waals surface area contributed by atoms with E-state index >= 15 is 0 Å². The van der Waals surface area contributed by atoms with Gasteiger partial charge in [0, 0.05) is 31.1 Å². The van der Waals surface area contributed by atoms with Crippen molar-refractivity contribution in [3.05, 3.63) is 59.9 Å². The predicted octanol–water partition coefficient (Wildman–Crippen LogP) is 3.67. The Kier molecular flexibility index (Phi) is 8.06. The van der Waals surface area contributed by atoms with Crippen LogP contribution in [0.15, 0.2) is 53.5 Å². The van der Waals surface area contributed by atoms with Gasteiger partial charge in [-0.1, -0.05) is 18.2 Å². The molecule has 0 radical (unpaired) electrons. The molecule has 3 rings (SSSR count). The first-order valence-corrected chi connectivity index (χ1v) is 10.4. The molecule has 0 aromatic heterocycles. The second kappa shape index (κ2) is 11.2. The van der Waals surface area contributed by atoms with Gasteiger partial charge in [-0.05, 0) is 55.7 Å². The Morgan fingerprint density at radius 1 is 1.17 bits per heavy atom. The van der Waals surface area contributed by atoms with Crippen LogP contribution in [0.25, 0.3) is 0 Å². The minimum Gasteiger partial charge on any atom is -0.494 e. The van der Waals surface area contributed by atoms with Crippen LogP contribution in [0.1, 0.15) is 37.7 Å². The molecule has 2 aromatic rings. The molecule has 1 unspecified atom stereocenters. The zero-order valence-electron chi connectivity index (χ0n) is 17.3. The highest BCUT2D eigenvalue weighted by atomic mass is 19.1. The lowest BCUT2D eigenvalue weighted by Crippen LogP contribution is -2.38. The number of carbonyl (C=O) groups excluding carboxylic acids is 1. The van der Waals surface area contributed by atoms with E-state index in [0.717, 1.165) is 43.1 Å². The van der Waals surface area contributed by atoms with Crippen molar-refractivity contribution in [1.29, 1.82) is 0 Å². The molecule has 1 aliphatic rings. The van der Waals surface area contributed by atoms with Crippen molar-refractivity contribution < 1.29 is 13.9 Å². The summed E-state index contributed by atoms with van der Waals surface area (Å²) in [5, 5.41) is 9.51. The Hall–Kier alpha value is -3.09. The van der Waals surface area contributed by atoms with Crippen molar-refractivity contribution in [2.24, 2.45) is 4.99 Å². The highest BCUT2D eigenvalue weighted by Gasteiger charge is 2.24. The average Bonchev–Trinajstić information content (AvgIpc) is 2.75. The predicted molar refractivity (Wildman–Crippen MR) is 118 cm³/mol. The van der Waals surface area contributed by atoms with Crippen LogP contribution in [-0.4, -0.2) is 38.1 Å². The molecule has 1 heterocycles. The number of carbonyl (C=O) groups is 1. The van der Waals surface area contributed by atoms with Gasteiger partial charge in [0.1, 0.15) is 11.6 Å². The van der Waals surface area contributed by atoms with Gasteiger partial charge in [0.2, 0.25) is 5.91 Å². The van der Waals surface area contributed by atoms with Gasteiger partial charge in [0.25, 0.3) is 0 Å². The molecule has 3 N–H and O–H groups in total. The maximum atomic E-state index is 12.9. The van der Waals surface area contributed by atoms with Crippen molar-refractivity contribution in [3.8, 4) is 5.75 Å². The molecule has 0 aliphatic carbocycles. The number of aliphatic imine (C=N–C) groups is 1. The zero-order valence-corrected chi connectivity index (χ0v) is 17.3. The fraction of sp³-hybridized carbons (Fsp3) is 0.391. The highest BCUT2D eigenvalue weighted by molar-refractivity contribution is 5.94. The van der Waals surface area contributed by atoms with Crippen LogP contribution in [0.5, 0.6) is 5.75 Å². The SMILES string of the molecule is CCNC(=NCC1CC(=O)Nc2ccccc21)NCCCCOc1ccc(F)cc1. The van der Waals surface area contributed by atoms with E-state index in [2.05, 4.69) is 22.0 Å². The number of nitrogens with zero attached hydrogens (tertiary/aromatic N) is 1. The minimum absolute atomic E-state index is 0.0352. The summed E-state index contributed by atoms with van der Waals surface area (Å²) >= 11 is 0. The van der Waals surface area contributed by atoms with Gasteiger partial charge >= 0.3 is 0 Å². The number of para-hydroxylation sites is 1. The van der Waals surface area contributed by atoms with Crippen molar-refractivity contribution in [3.63, 3.8) is 0 Å². The number of halogens is 1. The smallest absolute Gasteiger partial charge is 0.225 e. The highest BCUT2D eigenvalue weighted by Crippen LogP contribution is 2.31. The van der Waals surface area contributed by atoms with Gasteiger partial charge in [-0.3, -0.25) is 9.79 Å². The second-order valence-electron chi connectivity index (χ2n) is 7.19. The summed E-state index contributed by atoms with van der Waals surface area (Å²) < 4.78 is 18.5. The van der Waals surface area contributed by atoms with Crippen molar-refractivity contribution in [1.82, 2.24) is 10.6 Å². The molecule has 0 fully saturated rings. The number of hydrogen-bond acceptors (Lipinski definition) is 3. The van der Waals surface area contributed by atoms with Crippen LogP contribution in [0, 0.1) is 5.82 Å². The van der Waals surface area contributed by atoms with Gasteiger partial charge in [-0.25, -0.2) is 4.39 Å². The third-order valence-electron chi connectivity index (χ3n) is 4.87. The molecule has 0 saturated heterocycles. The third kappa shape index (κ3) is 6.47. The number of guanidine groups is 1. The largest absolute Gasteiger partial charge is 0.494 e. The zero-order chi connectivity index (χ0) is 21.2. The van der Waals surface area contributed by atoms with Crippen LogP contribution in [0.3, 0.4) is 0 Å². The molecule has 30 heavy (non-hydrogen) atoms. The van der Waals surface area contributed by atoms with Gasteiger partial charge in [-0.15, -0.1) is 0 Å². The molecule has 1 atom stereocenters. The summed E-state index contributed by atoms with van der Waals surface area (Å²) in [5.74, 6) is 1.28. The van der Waals surface area contributed by atoms with E-state index in [-0.39, 0.29) is 17.6 Å². The lowest BCUT2D eigenvalue weighted by Gasteiger charge is -2.24. The summed E-state index contributed by atoms with van der Waals surface area (Å²) in [6.07, 6.45) is 2.24.